The van der Waals surface area contributed by atoms with E-state index in [4.69, 9.17) is 15.8 Å². The van der Waals surface area contributed by atoms with Crippen LogP contribution in [0.15, 0.2) is 34.5 Å². The maximum Gasteiger partial charge on any atom is 0.410 e. The van der Waals surface area contributed by atoms with E-state index in [1.54, 1.807) is 0 Å². The molecule has 0 aliphatic rings. The lowest BCUT2D eigenvalue weighted by molar-refractivity contribution is 0.0239. The van der Waals surface area contributed by atoms with Gasteiger partial charge in [0.05, 0.1) is 0 Å². The average Bonchev–Trinajstić information content (AvgIpc) is 2.60. The molecule has 0 atom stereocenters. The topological polar surface area (TPSA) is 127 Å². The molecule has 0 aromatic heterocycles. The van der Waals surface area contributed by atoms with E-state index in [2.05, 4.69) is 20.1 Å². The summed E-state index contributed by atoms with van der Waals surface area (Å²) >= 11 is 0. The van der Waals surface area contributed by atoms with Gasteiger partial charge in [0, 0.05) is 36.0 Å². The Bertz CT molecular complexity index is 685. The van der Waals surface area contributed by atoms with E-state index in [-0.39, 0.29) is 6.54 Å². The fraction of sp³-hybridized carbons (Fsp3) is 0.611. The predicted molar refractivity (Wildman–Crippen MR) is 104 cm³/mol. The minimum absolute atomic E-state index is 0.193. The SMILES string of the molecule is CC(C)(C)OC(=O)N(CCN=[N+]=[N-])Cc1ccc(CCCCN=[N+]=[N-])cc1. The van der Waals surface area contributed by atoms with Crippen LogP contribution in [0.4, 0.5) is 4.79 Å². The Balaban J connectivity index is 2.66. The normalized spacial score (nSPS) is 10.5. The molecule has 0 saturated carbocycles. The van der Waals surface area contributed by atoms with Crippen molar-refractivity contribution in [3.8, 4) is 0 Å². The number of benzene rings is 1. The van der Waals surface area contributed by atoms with Crippen LogP contribution in [0.2, 0.25) is 0 Å². The van der Waals surface area contributed by atoms with Crippen LogP contribution >= 0.6 is 0 Å². The number of aryl methyl sites for hydroxylation is 1. The molecule has 1 aromatic rings. The third-order valence-corrected chi connectivity index (χ3v) is 3.62. The molecule has 27 heavy (non-hydrogen) atoms. The van der Waals surface area contributed by atoms with Gasteiger partial charge in [-0.3, -0.25) is 0 Å². The Hall–Kier alpha value is -2.89. The van der Waals surface area contributed by atoms with E-state index < -0.39 is 11.7 Å². The van der Waals surface area contributed by atoms with Crippen LogP contribution in [-0.4, -0.2) is 36.2 Å². The molecule has 1 amide bonds. The highest BCUT2D eigenvalue weighted by atomic mass is 16.6. The van der Waals surface area contributed by atoms with Gasteiger partial charge < -0.3 is 9.64 Å². The van der Waals surface area contributed by atoms with E-state index in [1.807, 2.05) is 45.0 Å². The zero-order chi connectivity index (χ0) is 20.1. The van der Waals surface area contributed by atoms with Crippen molar-refractivity contribution in [1.82, 2.24) is 4.90 Å². The van der Waals surface area contributed by atoms with Gasteiger partial charge in [-0.1, -0.05) is 34.5 Å². The summed E-state index contributed by atoms with van der Waals surface area (Å²) in [7, 11) is 0. The molecular weight excluding hydrogens is 346 g/mol. The molecule has 9 heteroatoms. The molecule has 0 unspecified atom stereocenters. The molecule has 0 radical (unpaired) electrons. The number of ether oxygens (including phenoxy) is 1. The maximum absolute atomic E-state index is 12.4. The quantitative estimate of drug-likeness (QED) is 0.236. The monoisotopic (exact) mass is 373 g/mol. The minimum Gasteiger partial charge on any atom is -0.444 e. The van der Waals surface area contributed by atoms with Gasteiger partial charge in [0.25, 0.3) is 0 Å². The molecule has 0 N–H and O–H groups in total. The van der Waals surface area contributed by atoms with Gasteiger partial charge in [-0.25, -0.2) is 4.79 Å². The second kappa shape index (κ2) is 11.7. The lowest BCUT2D eigenvalue weighted by atomic mass is 10.1. The fourth-order valence-corrected chi connectivity index (χ4v) is 2.36. The number of hydrogen-bond acceptors (Lipinski definition) is 4. The molecule has 1 rings (SSSR count). The molecular formula is C18H27N7O2. The van der Waals surface area contributed by atoms with Crippen LogP contribution in [0.1, 0.15) is 44.7 Å². The van der Waals surface area contributed by atoms with Crippen molar-refractivity contribution in [2.75, 3.05) is 19.6 Å². The predicted octanol–water partition coefficient (Wildman–Crippen LogP) is 5.37. The zero-order valence-electron chi connectivity index (χ0n) is 16.2. The average molecular weight is 373 g/mol. The van der Waals surface area contributed by atoms with Gasteiger partial charge >= 0.3 is 6.09 Å². The van der Waals surface area contributed by atoms with Crippen LogP contribution in [0.25, 0.3) is 20.9 Å². The van der Waals surface area contributed by atoms with Crippen LogP contribution in [0.5, 0.6) is 0 Å². The molecule has 9 nitrogen and oxygen atoms in total. The molecule has 0 bridgehead atoms. The second-order valence-electron chi connectivity index (χ2n) is 7.08. The van der Waals surface area contributed by atoms with E-state index in [0.717, 1.165) is 24.8 Å². The summed E-state index contributed by atoms with van der Waals surface area (Å²) in [6.07, 6.45) is 2.29. The van der Waals surface area contributed by atoms with Crippen LogP contribution in [-0.2, 0) is 17.7 Å². The van der Waals surface area contributed by atoms with Gasteiger partial charge in [-0.2, -0.15) is 0 Å². The summed E-state index contributed by atoms with van der Waals surface area (Å²) in [5.74, 6) is 0. The van der Waals surface area contributed by atoms with Crippen molar-refractivity contribution in [3.63, 3.8) is 0 Å². The summed E-state index contributed by atoms with van der Waals surface area (Å²) < 4.78 is 5.43. The number of amides is 1. The molecule has 1 aromatic carbocycles. The summed E-state index contributed by atoms with van der Waals surface area (Å²) in [5, 5.41) is 7.03. The first-order valence-corrected chi connectivity index (χ1v) is 8.93. The van der Waals surface area contributed by atoms with Crippen LogP contribution in [0.3, 0.4) is 0 Å². The van der Waals surface area contributed by atoms with Gasteiger partial charge in [0.1, 0.15) is 5.60 Å². The number of unbranched alkanes of at least 4 members (excludes halogenated alkanes) is 1. The molecule has 0 saturated heterocycles. The smallest absolute Gasteiger partial charge is 0.410 e. The second-order valence-corrected chi connectivity index (χ2v) is 7.08. The fourth-order valence-electron chi connectivity index (χ4n) is 2.36. The van der Waals surface area contributed by atoms with Crippen molar-refractivity contribution in [3.05, 3.63) is 56.3 Å². The van der Waals surface area contributed by atoms with Crippen molar-refractivity contribution in [2.45, 2.75) is 52.2 Å². The van der Waals surface area contributed by atoms with E-state index in [0.29, 0.717) is 19.6 Å². The summed E-state index contributed by atoms with van der Waals surface area (Å²) in [5.41, 5.74) is 18.3. The van der Waals surface area contributed by atoms with Gasteiger partial charge in [-0.15, -0.1) is 0 Å². The van der Waals surface area contributed by atoms with Crippen LogP contribution in [0, 0.1) is 0 Å². The van der Waals surface area contributed by atoms with E-state index in [9.17, 15) is 4.79 Å². The van der Waals surface area contributed by atoms with Gasteiger partial charge in [0.15, 0.2) is 0 Å². The zero-order valence-corrected chi connectivity index (χ0v) is 16.2. The standard InChI is InChI=1S/C18H27N7O2/c1-18(2,3)27-17(26)25(13-12-22-24-20)14-16-9-7-15(8-10-16)6-4-5-11-21-23-19/h7-10H,4-6,11-14H2,1-3H3. The molecule has 0 spiro atoms. The number of azide groups is 2. The van der Waals surface area contributed by atoms with Crippen molar-refractivity contribution in [2.24, 2.45) is 10.2 Å². The van der Waals surface area contributed by atoms with E-state index in [1.165, 1.54) is 10.5 Å². The minimum atomic E-state index is -0.590. The maximum atomic E-state index is 12.4. The molecule has 146 valence electrons. The Kier molecular flexibility index (Phi) is 9.58. The number of carbonyl (C=O) groups is 1. The third kappa shape index (κ3) is 9.99. The summed E-state index contributed by atoms with van der Waals surface area (Å²) in [6.45, 7) is 6.82. The Labute approximate surface area is 159 Å². The van der Waals surface area contributed by atoms with Crippen molar-refractivity contribution >= 4 is 6.09 Å². The van der Waals surface area contributed by atoms with E-state index >= 15 is 0 Å². The molecule has 0 aliphatic carbocycles. The summed E-state index contributed by atoms with van der Waals surface area (Å²) in [6, 6.07) is 8.02. The summed E-state index contributed by atoms with van der Waals surface area (Å²) in [4.78, 5) is 19.4. The molecule has 0 aliphatic heterocycles. The highest BCUT2D eigenvalue weighted by molar-refractivity contribution is 5.68. The Morgan fingerprint density at radius 2 is 1.63 bits per heavy atom. The Morgan fingerprint density at radius 1 is 1.04 bits per heavy atom. The molecule has 0 fully saturated rings. The van der Waals surface area contributed by atoms with Gasteiger partial charge in [-0.05, 0) is 62.2 Å². The van der Waals surface area contributed by atoms with Crippen molar-refractivity contribution < 1.29 is 9.53 Å². The highest BCUT2D eigenvalue weighted by Gasteiger charge is 2.21. The largest absolute Gasteiger partial charge is 0.444 e. The number of carbonyl (C=O) groups excluding carboxylic acids is 1. The third-order valence-electron chi connectivity index (χ3n) is 3.62. The molecule has 0 heterocycles. The number of hydrogen-bond donors (Lipinski definition) is 0. The van der Waals surface area contributed by atoms with Crippen LogP contribution < -0.4 is 0 Å². The first kappa shape index (κ1) is 22.2. The van der Waals surface area contributed by atoms with Gasteiger partial charge in [0.2, 0.25) is 0 Å². The highest BCUT2D eigenvalue weighted by Crippen LogP contribution is 2.14. The Morgan fingerprint density at radius 3 is 2.22 bits per heavy atom. The lowest BCUT2D eigenvalue weighted by Crippen LogP contribution is -2.37. The first-order chi connectivity index (χ1) is 12.9. The lowest BCUT2D eigenvalue weighted by Gasteiger charge is -2.27. The number of rotatable bonds is 10. The first-order valence-electron chi connectivity index (χ1n) is 8.93. The van der Waals surface area contributed by atoms with Crippen molar-refractivity contribution in [1.29, 1.82) is 0 Å². The number of nitrogens with zero attached hydrogens (tertiary/aromatic N) is 7.